The average molecular weight is 204 g/mol. The number of ether oxygens (including phenoxy) is 4. The summed E-state index contributed by atoms with van der Waals surface area (Å²) in [5.74, 6) is -0.622. The lowest BCUT2D eigenvalue weighted by molar-refractivity contribution is -0.230. The molecule has 0 saturated carbocycles. The molecule has 2 rings (SSSR count). The normalized spacial score (nSPS) is 45.4. The van der Waals surface area contributed by atoms with Crippen molar-refractivity contribution in [3.05, 3.63) is 0 Å². The molecule has 5 nitrogen and oxygen atoms in total. The Morgan fingerprint density at radius 3 is 2.50 bits per heavy atom. The fraction of sp³-hybridized carbons (Fsp3) is 1.00. The molecule has 0 radical (unpaired) electrons. The minimum Gasteiger partial charge on any atom is -0.394 e. The summed E-state index contributed by atoms with van der Waals surface area (Å²) in [7, 11) is 1.55. The Balaban J connectivity index is 2.12. The second-order valence-corrected chi connectivity index (χ2v) is 4.03. The van der Waals surface area contributed by atoms with Gasteiger partial charge in [0.05, 0.1) is 6.61 Å². The molecule has 5 heteroatoms. The van der Waals surface area contributed by atoms with Crippen molar-refractivity contribution in [3.8, 4) is 0 Å². The van der Waals surface area contributed by atoms with E-state index >= 15 is 0 Å². The van der Waals surface area contributed by atoms with Crippen LogP contribution in [0.3, 0.4) is 0 Å². The lowest BCUT2D eigenvalue weighted by atomic mass is 10.1. The topological polar surface area (TPSA) is 57.2 Å². The maximum atomic E-state index is 9.08. The van der Waals surface area contributed by atoms with E-state index in [1.165, 1.54) is 0 Å². The van der Waals surface area contributed by atoms with Crippen LogP contribution in [-0.2, 0) is 18.9 Å². The maximum absolute atomic E-state index is 9.08. The van der Waals surface area contributed by atoms with Gasteiger partial charge in [-0.25, -0.2) is 0 Å². The van der Waals surface area contributed by atoms with Crippen LogP contribution in [-0.4, -0.2) is 49.2 Å². The largest absolute Gasteiger partial charge is 0.394 e. The van der Waals surface area contributed by atoms with Gasteiger partial charge in [0.1, 0.15) is 18.3 Å². The molecular weight excluding hydrogens is 188 g/mol. The number of fused-ring (bicyclic) bond motifs is 1. The van der Waals surface area contributed by atoms with Crippen LogP contribution in [0, 0.1) is 0 Å². The van der Waals surface area contributed by atoms with E-state index in [1.54, 1.807) is 7.11 Å². The minimum atomic E-state index is -0.622. The number of rotatable bonds is 2. The van der Waals surface area contributed by atoms with E-state index in [0.29, 0.717) is 0 Å². The van der Waals surface area contributed by atoms with Crippen molar-refractivity contribution >= 4 is 0 Å². The summed E-state index contributed by atoms with van der Waals surface area (Å²) in [5, 5.41) is 9.08. The van der Waals surface area contributed by atoms with E-state index in [-0.39, 0.29) is 24.9 Å². The van der Waals surface area contributed by atoms with E-state index in [9.17, 15) is 0 Å². The number of hydrogen-bond acceptors (Lipinski definition) is 5. The predicted octanol–water partition coefficient (Wildman–Crippen LogP) is -0.130. The summed E-state index contributed by atoms with van der Waals surface area (Å²) >= 11 is 0. The van der Waals surface area contributed by atoms with E-state index in [4.69, 9.17) is 24.1 Å². The predicted molar refractivity (Wildman–Crippen MR) is 46.6 cm³/mol. The van der Waals surface area contributed by atoms with E-state index in [0.717, 1.165) is 0 Å². The molecule has 3 unspecified atom stereocenters. The fourth-order valence-electron chi connectivity index (χ4n) is 1.98. The first-order valence-electron chi connectivity index (χ1n) is 4.72. The lowest BCUT2D eigenvalue weighted by Crippen LogP contribution is -2.31. The first-order chi connectivity index (χ1) is 6.57. The highest BCUT2D eigenvalue weighted by molar-refractivity contribution is 4.94. The molecule has 2 aliphatic heterocycles. The molecule has 14 heavy (non-hydrogen) atoms. The van der Waals surface area contributed by atoms with Crippen LogP contribution in [0.4, 0.5) is 0 Å². The zero-order valence-electron chi connectivity index (χ0n) is 8.60. The van der Waals surface area contributed by atoms with Crippen molar-refractivity contribution < 1.29 is 24.1 Å². The second-order valence-electron chi connectivity index (χ2n) is 4.03. The van der Waals surface area contributed by atoms with Crippen molar-refractivity contribution in [3.63, 3.8) is 0 Å². The molecule has 0 aliphatic carbocycles. The third-order valence-electron chi connectivity index (χ3n) is 2.52. The Morgan fingerprint density at radius 2 is 1.93 bits per heavy atom. The van der Waals surface area contributed by atoms with Gasteiger partial charge in [0, 0.05) is 7.11 Å². The van der Waals surface area contributed by atoms with Crippen LogP contribution in [0.2, 0.25) is 0 Å². The molecule has 2 aliphatic rings. The van der Waals surface area contributed by atoms with Crippen molar-refractivity contribution in [1.29, 1.82) is 0 Å². The molecule has 0 aromatic rings. The monoisotopic (exact) mass is 204 g/mol. The van der Waals surface area contributed by atoms with Gasteiger partial charge >= 0.3 is 0 Å². The molecule has 0 aromatic carbocycles. The van der Waals surface area contributed by atoms with Gasteiger partial charge in [0.25, 0.3) is 0 Å². The van der Waals surface area contributed by atoms with Gasteiger partial charge in [-0.2, -0.15) is 0 Å². The van der Waals surface area contributed by atoms with Crippen molar-refractivity contribution in [2.75, 3.05) is 13.7 Å². The summed E-state index contributed by atoms with van der Waals surface area (Å²) in [5.41, 5.74) is 0. The summed E-state index contributed by atoms with van der Waals surface area (Å²) in [6.07, 6.45) is -1.28. The van der Waals surface area contributed by atoms with Gasteiger partial charge in [-0.05, 0) is 13.8 Å². The van der Waals surface area contributed by atoms with Crippen LogP contribution < -0.4 is 0 Å². The quantitative estimate of drug-likeness (QED) is 0.679. The van der Waals surface area contributed by atoms with Gasteiger partial charge < -0.3 is 24.1 Å². The number of methoxy groups -OCH3 is 1. The van der Waals surface area contributed by atoms with Gasteiger partial charge in [0.15, 0.2) is 12.1 Å². The van der Waals surface area contributed by atoms with Gasteiger partial charge in [-0.3, -0.25) is 0 Å². The molecule has 0 bridgehead atoms. The van der Waals surface area contributed by atoms with Crippen LogP contribution >= 0.6 is 0 Å². The molecular formula is C9H16O5. The first-order valence-corrected chi connectivity index (χ1v) is 4.72. The molecule has 82 valence electrons. The van der Waals surface area contributed by atoms with Crippen LogP contribution in [0.1, 0.15) is 13.8 Å². The van der Waals surface area contributed by atoms with E-state index in [2.05, 4.69) is 0 Å². The van der Waals surface area contributed by atoms with Crippen molar-refractivity contribution in [2.24, 2.45) is 0 Å². The lowest BCUT2D eigenvalue weighted by Gasteiger charge is -2.22. The third kappa shape index (κ3) is 1.55. The maximum Gasteiger partial charge on any atom is 0.186 e. The number of aliphatic hydroxyl groups excluding tert-OH is 1. The fourth-order valence-corrected chi connectivity index (χ4v) is 1.98. The Bertz CT molecular complexity index is 197. The highest BCUT2D eigenvalue weighted by Crippen LogP contribution is 2.38. The Morgan fingerprint density at radius 1 is 1.29 bits per heavy atom. The summed E-state index contributed by atoms with van der Waals surface area (Å²) < 4.78 is 21.8. The van der Waals surface area contributed by atoms with Crippen LogP contribution in [0.5, 0.6) is 0 Å². The molecule has 2 heterocycles. The molecule has 4 atom stereocenters. The van der Waals surface area contributed by atoms with Crippen molar-refractivity contribution in [2.45, 2.75) is 44.2 Å². The Hall–Kier alpha value is -0.200. The molecule has 0 amide bonds. The summed E-state index contributed by atoms with van der Waals surface area (Å²) in [6, 6.07) is 0. The Labute approximate surface area is 82.9 Å². The van der Waals surface area contributed by atoms with Crippen LogP contribution in [0.15, 0.2) is 0 Å². The van der Waals surface area contributed by atoms with Crippen LogP contribution in [0.25, 0.3) is 0 Å². The molecule has 0 spiro atoms. The summed E-state index contributed by atoms with van der Waals surface area (Å²) in [6.45, 7) is 3.60. The van der Waals surface area contributed by atoms with Crippen molar-refractivity contribution in [1.82, 2.24) is 0 Å². The highest BCUT2D eigenvalue weighted by atomic mass is 16.8. The highest BCUT2D eigenvalue weighted by Gasteiger charge is 2.55. The SMILES string of the molecule is COC1O[C@H](CO)C2OC(C)(C)OC12. The minimum absolute atomic E-state index is 0.0829. The molecule has 2 saturated heterocycles. The average Bonchev–Trinajstić information content (AvgIpc) is 2.57. The van der Waals surface area contributed by atoms with Gasteiger partial charge in [-0.1, -0.05) is 0 Å². The molecule has 2 fully saturated rings. The standard InChI is InChI=1S/C9H16O5/c1-9(2)13-6-5(4-10)12-8(11-3)7(6)14-9/h5-8,10H,4H2,1-3H3/t5-,6?,7?,8?/m1/s1. The zero-order valence-corrected chi connectivity index (χ0v) is 8.60. The van der Waals surface area contributed by atoms with Gasteiger partial charge in [-0.15, -0.1) is 0 Å². The molecule has 1 N–H and O–H groups in total. The molecule has 0 aromatic heterocycles. The van der Waals surface area contributed by atoms with E-state index in [1.807, 2.05) is 13.8 Å². The number of hydrogen-bond donors (Lipinski definition) is 1. The Kier molecular flexibility index (Phi) is 2.53. The summed E-state index contributed by atoms with van der Waals surface area (Å²) in [4.78, 5) is 0. The smallest absolute Gasteiger partial charge is 0.186 e. The second kappa shape index (κ2) is 3.43. The van der Waals surface area contributed by atoms with E-state index < -0.39 is 12.1 Å². The zero-order chi connectivity index (χ0) is 10.3. The number of aliphatic hydroxyl groups is 1. The first kappa shape index (κ1) is 10.3. The third-order valence-corrected chi connectivity index (χ3v) is 2.52. The van der Waals surface area contributed by atoms with Gasteiger partial charge in [0.2, 0.25) is 0 Å².